The molecule has 3 aromatic rings. The molecule has 0 radical (unpaired) electrons. The number of thioether (sulfide) groups is 1. The number of likely N-dealkylation sites (N-methyl/N-ethyl adjacent to an activating group) is 1. The lowest BCUT2D eigenvalue weighted by atomic mass is 10.0. The van der Waals surface area contributed by atoms with Gasteiger partial charge in [0.15, 0.2) is 0 Å². The number of benzene rings is 3. The molecule has 0 saturated heterocycles. The van der Waals surface area contributed by atoms with E-state index in [1.54, 1.807) is 23.7 Å². The van der Waals surface area contributed by atoms with Crippen LogP contribution in [-0.2, 0) is 28.3 Å². The van der Waals surface area contributed by atoms with Crippen molar-refractivity contribution in [3.8, 4) is 0 Å². The summed E-state index contributed by atoms with van der Waals surface area (Å²) in [5.74, 6) is 0.902. The summed E-state index contributed by atoms with van der Waals surface area (Å²) in [5, 5.41) is 2.77. The third-order valence-corrected chi connectivity index (χ3v) is 6.52. The van der Waals surface area contributed by atoms with Gasteiger partial charge in [-0.2, -0.15) is 0 Å². The molecule has 0 aromatic heterocycles. The fourth-order valence-electron chi connectivity index (χ4n) is 3.87. The van der Waals surface area contributed by atoms with Crippen LogP contribution >= 0.6 is 11.8 Å². The molecular formula is C28H32N2O2S. The van der Waals surface area contributed by atoms with E-state index in [0.717, 1.165) is 22.4 Å². The lowest BCUT2D eigenvalue weighted by Gasteiger charge is -2.31. The first-order chi connectivity index (χ1) is 16.0. The molecule has 4 nitrogen and oxygen atoms in total. The van der Waals surface area contributed by atoms with E-state index in [9.17, 15) is 9.59 Å². The predicted octanol–water partition coefficient (Wildman–Crippen LogP) is 4.92. The summed E-state index contributed by atoms with van der Waals surface area (Å²) in [4.78, 5) is 28.1. The number of hydrogen-bond acceptors (Lipinski definition) is 3. The highest BCUT2D eigenvalue weighted by molar-refractivity contribution is 7.99. The Hall–Kier alpha value is -3.05. The lowest BCUT2D eigenvalue weighted by molar-refractivity contribution is -0.139. The topological polar surface area (TPSA) is 49.4 Å². The average Bonchev–Trinajstić information content (AvgIpc) is 2.81. The fourth-order valence-corrected chi connectivity index (χ4v) is 4.73. The van der Waals surface area contributed by atoms with Crippen LogP contribution in [0.25, 0.3) is 0 Å². The van der Waals surface area contributed by atoms with Crippen molar-refractivity contribution in [2.24, 2.45) is 0 Å². The molecule has 1 N–H and O–H groups in total. The first kappa shape index (κ1) is 24.6. The zero-order valence-electron chi connectivity index (χ0n) is 19.6. The smallest absolute Gasteiger partial charge is 0.242 e. The van der Waals surface area contributed by atoms with Gasteiger partial charge in [0, 0.05) is 25.8 Å². The molecule has 3 rings (SSSR count). The third-order valence-electron chi connectivity index (χ3n) is 5.53. The molecular weight excluding hydrogens is 428 g/mol. The molecule has 1 atom stereocenters. The van der Waals surface area contributed by atoms with Crippen molar-refractivity contribution in [2.45, 2.75) is 38.6 Å². The van der Waals surface area contributed by atoms with Crippen molar-refractivity contribution < 1.29 is 9.59 Å². The standard InChI is InChI=1S/C28H32N2O2S/c1-21-9-7-13-24(15-21)18-30(26(28(32)29-3)17-23-11-5-4-6-12-23)27(31)20-33-19-25-14-8-10-22(2)16-25/h4-16,26H,17-20H2,1-3H3,(H,29,32). The number of amides is 2. The van der Waals surface area contributed by atoms with Crippen molar-refractivity contribution in [1.82, 2.24) is 10.2 Å². The lowest BCUT2D eigenvalue weighted by Crippen LogP contribution is -2.50. The van der Waals surface area contributed by atoms with Crippen LogP contribution < -0.4 is 5.32 Å². The second-order valence-electron chi connectivity index (χ2n) is 8.31. The largest absolute Gasteiger partial charge is 0.357 e. The molecule has 172 valence electrons. The van der Waals surface area contributed by atoms with Gasteiger partial charge in [-0.05, 0) is 30.5 Å². The number of aryl methyl sites for hydroxylation is 2. The summed E-state index contributed by atoms with van der Waals surface area (Å²) in [7, 11) is 1.63. The Morgan fingerprint density at radius 2 is 1.45 bits per heavy atom. The molecule has 3 aromatic carbocycles. The highest BCUT2D eigenvalue weighted by Crippen LogP contribution is 2.19. The van der Waals surface area contributed by atoms with Crippen LogP contribution in [0.5, 0.6) is 0 Å². The number of carbonyl (C=O) groups is 2. The minimum atomic E-state index is -0.579. The molecule has 0 aliphatic carbocycles. The maximum absolute atomic E-state index is 13.5. The summed E-state index contributed by atoms with van der Waals surface area (Å²) < 4.78 is 0. The molecule has 0 saturated carbocycles. The van der Waals surface area contributed by atoms with Gasteiger partial charge < -0.3 is 10.2 Å². The fraction of sp³-hybridized carbons (Fsp3) is 0.286. The summed E-state index contributed by atoms with van der Waals surface area (Å²) in [6.45, 7) is 4.50. The van der Waals surface area contributed by atoms with Crippen LogP contribution in [0.3, 0.4) is 0 Å². The van der Waals surface area contributed by atoms with Gasteiger partial charge in [0.05, 0.1) is 5.75 Å². The maximum atomic E-state index is 13.5. The number of nitrogens with one attached hydrogen (secondary N) is 1. The molecule has 0 heterocycles. The van der Waals surface area contributed by atoms with E-state index in [2.05, 4.69) is 36.5 Å². The van der Waals surface area contributed by atoms with Crippen molar-refractivity contribution in [1.29, 1.82) is 0 Å². The number of hydrogen-bond donors (Lipinski definition) is 1. The molecule has 33 heavy (non-hydrogen) atoms. The minimum Gasteiger partial charge on any atom is -0.357 e. The molecule has 1 unspecified atom stereocenters. The van der Waals surface area contributed by atoms with Crippen LogP contribution in [0.1, 0.15) is 27.8 Å². The quantitative estimate of drug-likeness (QED) is 0.467. The van der Waals surface area contributed by atoms with Crippen molar-refractivity contribution >= 4 is 23.6 Å². The molecule has 0 fully saturated rings. The molecule has 0 bridgehead atoms. The maximum Gasteiger partial charge on any atom is 0.242 e. The van der Waals surface area contributed by atoms with Crippen LogP contribution in [0, 0.1) is 13.8 Å². The normalized spacial score (nSPS) is 11.6. The highest BCUT2D eigenvalue weighted by Gasteiger charge is 2.29. The Morgan fingerprint density at radius 1 is 0.848 bits per heavy atom. The average molecular weight is 461 g/mol. The van der Waals surface area contributed by atoms with E-state index in [1.807, 2.05) is 61.5 Å². The molecule has 0 aliphatic heterocycles. The van der Waals surface area contributed by atoms with Gasteiger partial charge in [-0.3, -0.25) is 9.59 Å². The molecule has 0 spiro atoms. The number of rotatable bonds is 10. The van der Waals surface area contributed by atoms with Gasteiger partial charge in [-0.1, -0.05) is 90.0 Å². The van der Waals surface area contributed by atoms with Crippen LogP contribution in [0.4, 0.5) is 0 Å². The molecule has 5 heteroatoms. The Morgan fingerprint density at radius 3 is 2.09 bits per heavy atom. The minimum absolute atomic E-state index is 0.0290. The second-order valence-corrected chi connectivity index (χ2v) is 9.30. The van der Waals surface area contributed by atoms with E-state index >= 15 is 0 Å². The van der Waals surface area contributed by atoms with Gasteiger partial charge in [0.1, 0.15) is 6.04 Å². The Bertz CT molecular complexity index is 1070. The van der Waals surface area contributed by atoms with Crippen LogP contribution in [0.15, 0.2) is 78.9 Å². The Kier molecular flexibility index (Phi) is 9.14. The van der Waals surface area contributed by atoms with Crippen molar-refractivity contribution in [3.63, 3.8) is 0 Å². The monoisotopic (exact) mass is 460 g/mol. The summed E-state index contributed by atoms with van der Waals surface area (Å²) >= 11 is 1.59. The van der Waals surface area contributed by atoms with E-state index < -0.39 is 6.04 Å². The van der Waals surface area contributed by atoms with Gasteiger partial charge in [0.25, 0.3) is 0 Å². The van der Waals surface area contributed by atoms with E-state index in [-0.39, 0.29) is 11.8 Å². The first-order valence-electron chi connectivity index (χ1n) is 11.2. The summed E-state index contributed by atoms with van der Waals surface area (Å²) in [6.07, 6.45) is 0.473. The van der Waals surface area contributed by atoms with Gasteiger partial charge in [0.2, 0.25) is 11.8 Å². The second kappa shape index (κ2) is 12.3. The predicted molar refractivity (Wildman–Crippen MR) is 137 cm³/mol. The zero-order valence-corrected chi connectivity index (χ0v) is 20.4. The van der Waals surface area contributed by atoms with Gasteiger partial charge in [-0.25, -0.2) is 0 Å². The van der Waals surface area contributed by atoms with E-state index in [4.69, 9.17) is 0 Å². The zero-order chi connectivity index (χ0) is 23.6. The van der Waals surface area contributed by atoms with Crippen LogP contribution in [0.2, 0.25) is 0 Å². The Balaban J connectivity index is 1.81. The molecule has 0 aliphatic rings. The van der Waals surface area contributed by atoms with Gasteiger partial charge >= 0.3 is 0 Å². The van der Waals surface area contributed by atoms with E-state index in [0.29, 0.717) is 18.7 Å². The van der Waals surface area contributed by atoms with E-state index in [1.165, 1.54) is 11.1 Å². The van der Waals surface area contributed by atoms with Gasteiger partial charge in [-0.15, -0.1) is 11.8 Å². The third kappa shape index (κ3) is 7.50. The summed E-state index contributed by atoms with van der Waals surface area (Å²) in [6, 6.07) is 25.7. The Labute approximate surface area is 201 Å². The summed E-state index contributed by atoms with van der Waals surface area (Å²) in [5.41, 5.74) is 5.59. The number of nitrogens with zero attached hydrogens (tertiary/aromatic N) is 1. The van der Waals surface area contributed by atoms with Crippen molar-refractivity contribution in [2.75, 3.05) is 12.8 Å². The number of carbonyl (C=O) groups excluding carboxylic acids is 2. The molecule has 2 amide bonds. The van der Waals surface area contributed by atoms with Crippen LogP contribution in [-0.4, -0.2) is 35.6 Å². The van der Waals surface area contributed by atoms with Crippen molar-refractivity contribution in [3.05, 3.63) is 107 Å². The first-order valence-corrected chi connectivity index (χ1v) is 12.4. The SMILES string of the molecule is CNC(=O)C(Cc1ccccc1)N(Cc1cccc(C)c1)C(=O)CSCc1cccc(C)c1. The highest BCUT2D eigenvalue weighted by atomic mass is 32.2.